The second-order valence-electron chi connectivity index (χ2n) is 11.3. The molecule has 2 saturated heterocycles. The van der Waals surface area contributed by atoms with E-state index in [4.69, 9.17) is 15.5 Å². The second-order valence-corrected chi connectivity index (χ2v) is 11.3. The van der Waals surface area contributed by atoms with Gasteiger partial charge in [-0.25, -0.2) is 4.52 Å². The van der Waals surface area contributed by atoms with Crippen LogP contribution in [0.2, 0.25) is 0 Å². The number of anilines is 1. The fourth-order valence-electron chi connectivity index (χ4n) is 6.34. The second kappa shape index (κ2) is 9.15. The van der Waals surface area contributed by atoms with Gasteiger partial charge in [0.15, 0.2) is 0 Å². The molecule has 0 spiro atoms. The summed E-state index contributed by atoms with van der Waals surface area (Å²) in [7, 11) is 0. The molecule has 3 aliphatic rings. The molecule has 36 heavy (non-hydrogen) atoms. The summed E-state index contributed by atoms with van der Waals surface area (Å²) in [5, 5.41) is 13.7. The molecule has 188 valence electrons. The number of aromatic nitrogens is 3. The minimum atomic E-state index is -0.0429. The van der Waals surface area contributed by atoms with Gasteiger partial charge in [0.2, 0.25) is 0 Å². The molecule has 5 heterocycles. The van der Waals surface area contributed by atoms with E-state index in [1.807, 2.05) is 18.2 Å². The van der Waals surface area contributed by atoms with E-state index in [1.54, 1.807) is 10.7 Å². The third kappa shape index (κ3) is 4.47. The average molecular weight is 486 g/mol. The molecule has 8 nitrogen and oxygen atoms in total. The molecule has 1 saturated carbocycles. The molecule has 0 amide bonds. The highest BCUT2D eigenvalue weighted by Crippen LogP contribution is 2.39. The van der Waals surface area contributed by atoms with Crippen LogP contribution in [0.15, 0.2) is 42.7 Å². The molecular weight excluding hydrogens is 450 g/mol. The zero-order valence-electron chi connectivity index (χ0n) is 21.2. The Hall–Kier alpha value is -2.99. The largest absolute Gasteiger partial charge is 0.370 e. The lowest BCUT2D eigenvalue weighted by Crippen LogP contribution is -2.55. The van der Waals surface area contributed by atoms with Crippen molar-refractivity contribution in [1.29, 1.82) is 5.26 Å². The number of hydrogen-bond donors (Lipinski definition) is 1. The Balaban J connectivity index is 1.06. The van der Waals surface area contributed by atoms with Gasteiger partial charge in [0.25, 0.3) is 0 Å². The molecule has 6 rings (SSSR count). The molecule has 0 aromatic carbocycles. The number of likely N-dealkylation sites (tertiary alicyclic amines) is 1. The maximum Gasteiger partial charge on any atom is 0.142 e. The number of rotatable bonds is 5. The summed E-state index contributed by atoms with van der Waals surface area (Å²) in [6, 6.07) is 12.6. The van der Waals surface area contributed by atoms with Gasteiger partial charge in [0.05, 0.1) is 29.6 Å². The van der Waals surface area contributed by atoms with Crippen LogP contribution in [0.4, 0.5) is 5.69 Å². The van der Waals surface area contributed by atoms with Gasteiger partial charge in [-0.2, -0.15) is 10.4 Å². The van der Waals surface area contributed by atoms with E-state index in [0.717, 1.165) is 63.2 Å². The number of fused-ring (bicyclic) bond motifs is 1. The number of morpholine rings is 1. The normalized spacial score (nSPS) is 29.4. The van der Waals surface area contributed by atoms with E-state index in [1.165, 1.54) is 11.3 Å². The summed E-state index contributed by atoms with van der Waals surface area (Å²) in [4.78, 5) is 9.69. The standard InChI is InChI=1S/C28H35N7O/c1-19-14-34(26-6-4-23(12-29)35-27(26)8-10-32-35)18-24(36-19)17-33-15-22(16-33)21-3-5-25(31-13-21)20-7-9-28(2,30)11-20/h3-6,8,10,13,19-20,22,24H,7,9,11,14-18,30H2,1-2H3/t19-,20?,24+,28?/m1/s1. The highest BCUT2D eigenvalue weighted by Gasteiger charge is 2.35. The lowest BCUT2D eigenvalue weighted by atomic mass is 9.91. The van der Waals surface area contributed by atoms with Gasteiger partial charge >= 0.3 is 0 Å². The summed E-state index contributed by atoms with van der Waals surface area (Å²) in [6.07, 6.45) is 7.38. The summed E-state index contributed by atoms with van der Waals surface area (Å²) >= 11 is 0. The molecule has 3 aromatic rings. The minimum Gasteiger partial charge on any atom is -0.370 e. The highest BCUT2D eigenvalue weighted by molar-refractivity contribution is 5.74. The first-order valence-corrected chi connectivity index (χ1v) is 13.1. The van der Waals surface area contributed by atoms with Crippen molar-refractivity contribution in [3.63, 3.8) is 0 Å². The van der Waals surface area contributed by atoms with Gasteiger partial charge < -0.3 is 15.4 Å². The van der Waals surface area contributed by atoms with Gasteiger partial charge in [0.1, 0.15) is 11.8 Å². The summed E-state index contributed by atoms with van der Waals surface area (Å²) in [6.45, 7) is 8.96. The number of nitrogens with two attached hydrogens (primary N) is 1. The Morgan fingerprint density at radius 3 is 2.72 bits per heavy atom. The quantitative estimate of drug-likeness (QED) is 0.592. The number of nitriles is 1. The molecule has 0 bridgehead atoms. The molecule has 0 radical (unpaired) electrons. The predicted octanol–water partition coefficient (Wildman–Crippen LogP) is 3.28. The Bertz CT molecular complexity index is 1270. The van der Waals surface area contributed by atoms with Gasteiger partial charge in [-0.05, 0) is 62.9 Å². The number of ether oxygens (including phenoxy) is 1. The SMILES string of the molecule is C[C@@H]1CN(c2ccc(C#N)n3nccc23)C[C@H](CN2CC(c3ccc(C4CCC(C)(N)C4)nc3)C2)O1. The van der Waals surface area contributed by atoms with Crippen LogP contribution in [0, 0.1) is 11.3 Å². The van der Waals surface area contributed by atoms with Crippen LogP contribution in [-0.2, 0) is 4.74 Å². The topological polar surface area (TPSA) is 95.7 Å². The Morgan fingerprint density at radius 2 is 2.00 bits per heavy atom. The van der Waals surface area contributed by atoms with E-state index in [2.05, 4.69) is 53.1 Å². The molecular formula is C28H35N7O. The first-order chi connectivity index (χ1) is 17.4. The predicted molar refractivity (Wildman–Crippen MR) is 139 cm³/mol. The molecule has 1 aliphatic carbocycles. The van der Waals surface area contributed by atoms with E-state index < -0.39 is 0 Å². The molecule has 4 atom stereocenters. The van der Waals surface area contributed by atoms with E-state index in [9.17, 15) is 5.26 Å². The number of hydrogen-bond acceptors (Lipinski definition) is 7. The highest BCUT2D eigenvalue weighted by atomic mass is 16.5. The zero-order chi connectivity index (χ0) is 24.9. The van der Waals surface area contributed by atoms with Crippen molar-refractivity contribution in [2.24, 2.45) is 5.73 Å². The number of nitrogens with zero attached hydrogens (tertiary/aromatic N) is 6. The van der Waals surface area contributed by atoms with E-state index >= 15 is 0 Å². The van der Waals surface area contributed by atoms with Crippen LogP contribution in [0.25, 0.3) is 5.52 Å². The van der Waals surface area contributed by atoms with Crippen LogP contribution in [-0.4, -0.2) is 70.0 Å². The fraction of sp³-hybridized carbons (Fsp3) is 0.536. The van der Waals surface area contributed by atoms with Crippen molar-refractivity contribution in [1.82, 2.24) is 19.5 Å². The van der Waals surface area contributed by atoms with Gasteiger partial charge in [-0.3, -0.25) is 9.88 Å². The van der Waals surface area contributed by atoms with Gasteiger partial charge in [0, 0.05) is 62.0 Å². The van der Waals surface area contributed by atoms with Crippen LogP contribution < -0.4 is 10.6 Å². The average Bonchev–Trinajstić information content (AvgIpc) is 3.47. The summed E-state index contributed by atoms with van der Waals surface area (Å²) in [5.41, 5.74) is 11.4. The third-order valence-electron chi connectivity index (χ3n) is 8.21. The van der Waals surface area contributed by atoms with Crippen molar-refractivity contribution in [2.75, 3.05) is 37.6 Å². The van der Waals surface area contributed by atoms with Crippen molar-refractivity contribution >= 4 is 11.2 Å². The van der Waals surface area contributed by atoms with E-state index in [-0.39, 0.29) is 17.7 Å². The molecule has 2 aliphatic heterocycles. The zero-order valence-corrected chi connectivity index (χ0v) is 21.2. The van der Waals surface area contributed by atoms with Crippen molar-refractivity contribution < 1.29 is 4.74 Å². The van der Waals surface area contributed by atoms with Crippen LogP contribution in [0.5, 0.6) is 0 Å². The molecule has 3 fully saturated rings. The molecule has 3 aromatic heterocycles. The third-order valence-corrected chi connectivity index (χ3v) is 8.21. The van der Waals surface area contributed by atoms with Crippen LogP contribution in [0.3, 0.4) is 0 Å². The van der Waals surface area contributed by atoms with Crippen molar-refractivity contribution in [2.45, 2.75) is 62.7 Å². The van der Waals surface area contributed by atoms with E-state index in [0.29, 0.717) is 17.5 Å². The maximum atomic E-state index is 9.40. The maximum absolute atomic E-state index is 9.40. The lowest BCUT2D eigenvalue weighted by Gasteiger charge is -2.45. The Labute approximate surface area is 212 Å². The summed E-state index contributed by atoms with van der Waals surface area (Å²) in [5.74, 6) is 1.04. The monoisotopic (exact) mass is 485 g/mol. The van der Waals surface area contributed by atoms with Crippen LogP contribution in [0.1, 0.15) is 61.9 Å². The van der Waals surface area contributed by atoms with Gasteiger partial charge in [-0.15, -0.1) is 0 Å². The lowest BCUT2D eigenvalue weighted by molar-refractivity contribution is -0.0435. The Morgan fingerprint density at radius 1 is 1.14 bits per heavy atom. The molecule has 8 heteroatoms. The molecule has 2 N–H and O–H groups in total. The smallest absolute Gasteiger partial charge is 0.142 e. The fourth-order valence-corrected chi connectivity index (χ4v) is 6.34. The number of pyridine rings is 2. The van der Waals surface area contributed by atoms with Crippen LogP contribution >= 0.6 is 0 Å². The van der Waals surface area contributed by atoms with Crippen molar-refractivity contribution in [3.8, 4) is 6.07 Å². The minimum absolute atomic E-state index is 0.0429. The van der Waals surface area contributed by atoms with Gasteiger partial charge in [-0.1, -0.05) is 6.07 Å². The molecule has 2 unspecified atom stereocenters. The summed E-state index contributed by atoms with van der Waals surface area (Å²) < 4.78 is 8.06. The first kappa shape index (κ1) is 23.4. The Kier molecular flexibility index (Phi) is 5.95. The van der Waals surface area contributed by atoms with Crippen molar-refractivity contribution in [3.05, 3.63) is 59.7 Å². The first-order valence-electron chi connectivity index (χ1n) is 13.1.